The lowest BCUT2D eigenvalue weighted by Crippen LogP contribution is -2.32. The topological polar surface area (TPSA) is 36.4 Å². The fourth-order valence-corrected chi connectivity index (χ4v) is 3.31. The molecule has 1 aliphatic rings. The minimum absolute atomic E-state index is 0.0484. The monoisotopic (exact) mass is 275 g/mol. The first-order valence-electron chi connectivity index (χ1n) is 5.09. The second kappa shape index (κ2) is 4.47. The number of thiophene rings is 1. The molecular formula is C10H14ClN3S2. The highest BCUT2D eigenvalue weighted by Gasteiger charge is 2.20. The third-order valence-corrected chi connectivity index (χ3v) is 4.70. The van der Waals surface area contributed by atoms with Crippen molar-refractivity contribution < 1.29 is 0 Å². The predicted octanol–water partition coefficient (Wildman–Crippen LogP) is 3.97. The fourth-order valence-electron chi connectivity index (χ4n) is 1.19. The molecule has 0 atom stereocenters. The summed E-state index contributed by atoms with van der Waals surface area (Å²) < 4.78 is 5.13. The highest BCUT2D eigenvalue weighted by atomic mass is 35.5. The number of nitrogens with zero attached hydrogens (tertiary/aromatic N) is 1. The molecule has 88 valence electrons. The van der Waals surface area contributed by atoms with Crippen LogP contribution in [0.5, 0.6) is 0 Å². The number of fused-ring (bicyclic) bond motifs is 1. The Kier molecular flexibility index (Phi) is 3.37. The third-order valence-electron chi connectivity index (χ3n) is 2.44. The second-order valence-corrected chi connectivity index (χ2v) is 6.97. The SMILES string of the molecule is CCC(C)(C)N=C1NSc2sc(Cl)cc2N1. The normalized spacial score (nSPS) is 17.9. The summed E-state index contributed by atoms with van der Waals surface area (Å²) in [4.78, 5) is 4.63. The summed E-state index contributed by atoms with van der Waals surface area (Å²) in [6.45, 7) is 6.36. The molecule has 0 aliphatic carbocycles. The van der Waals surface area contributed by atoms with E-state index in [-0.39, 0.29) is 5.54 Å². The summed E-state index contributed by atoms with van der Waals surface area (Å²) >= 11 is 9.08. The largest absolute Gasteiger partial charge is 0.324 e. The molecule has 0 saturated heterocycles. The zero-order chi connectivity index (χ0) is 11.8. The van der Waals surface area contributed by atoms with Crippen molar-refractivity contribution >= 4 is 46.5 Å². The van der Waals surface area contributed by atoms with Gasteiger partial charge in [-0.2, -0.15) is 0 Å². The van der Waals surface area contributed by atoms with Crippen LogP contribution in [0.2, 0.25) is 4.34 Å². The summed E-state index contributed by atoms with van der Waals surface area (Å²) in [6.07, 6.45) is 1.00. The highest BCUT2D eigenvalue weighted by molar-refractivity contribution is 8.00. The molecule has 1 aromatic heterocycles. The maximum atomic E-state index is 5.96. The van der Waals surface area contributed by atoms with Crippen LogP contribution >= 0.6 is 34.9 Å². The predicted molar refractivity (Wildman–Crippen MR) is 73.7 cm³/mol. The van der Waals surface area contributed by atoms with Gasteiger partial charge in [-0.25, -0.2) is 4.99 Å². The van der Waals surface area contributed by atoms with Crippen LogP contribution in [0.4, 0.5) is 5.69 Å². The van der Waals surface area contributed by atoms with Gasteiger partial charge in [-0.3, -0.25) is 4.72 Å². The fraction of sp³-hybridized carbons (Fsp3) is 0.500. The Labute approximate surface area is 109 Å². The van der Waals surface area contributed by atoms with Crippen molar-refractivity contribution in [2.45, 2.75) is 36.9 Å². The minimum Gasteiger partial charge on any atom is -0.324 e. The lowest BCUT2D eigenvalue weighted by atomic mass is 10.0. The van der Waals surface area contributed by atoms with E-state index in [9.17, 15) is 0 Å². The summed E-state index contributed by atoms with van der Waals surface area (Å²) in [5.41, 5.74) is 0.997. The third kappa shape index (κ3) is 2.64. The van der Waals surface area contributed by atoms with Crippen LogP contribution in [-0.4, -0.2) is 11.5 Å². The number of guanidine groups is 1. The molecule has 3 nitrogen and oxygen atoms in total. The molecule has 2 heterocycles. The lowest BCUT2D eigenvalue weighted by Gasteiger charge is -2.23. The molecule has 0 bridgehead atoms. The van der Waals surface area contributed by atoms with Gasteiger partial charge in [0.15, 0.2) is 0 Å². The van der Waals surface area contributed by atoms with Crippen molar-refractivity contribution in [3.05, 3.63) is 10.4 Å². The van der Waals surface area contributed by atoms with E-state index >= 15 is 0 Å². The summed E-state index contributed by atoms with van der Waals surface area (Å²) in [6, 6.07) is 1.93. The van der Waals surface area contributed by atoms with E-state index in [0.29, 0.717) is 0 Å². The smallest absolute Gasteiger partial charge is 0.206 e. The number of nitrogens with one attached hydrogen (secondary N) is 2. The van der Waals surface area contributed by atoms with E-state index in [4.69, 9.17) is 11.6 Å². The maximum Gasteiger partial charge on any atom is 0.206 e. The van der Waals surface area contributed by atoms with Crippen molar-refractivity contribution in [3.63, 3.8) is 0 Å². The van der Waals surface area contributed by atoms with Gasteiger partial charge in [-0.1, -0.05) is 18.5 Å². The Morgan fingerprint density at radius 2 is 2.25 bits per heavy atom. The molecule has 2 N–H and O–H groups in total. The molecule has 6 heteroatoms. The van der Waals surface area contributed by atoms with Crippen molar-refractivity contribution in [1.29, 1.82) is 0 Å². The molecule has 1 aromatic rings. The zero-order valence-electron chi connectivity index (χ0n) is 9.43. The molecule has 0 aromatic carbocycles. The summed E-state index contributed by atoms with van der Waals surface area (Å²) in [5, 5.41) is 3.25. The van der Waals surface area contributed by atoms with Crippen molar-refractivity contribution in [2.75, 3.05) is 5.32 Å². The van der Waals surface area contributed by atoms with Gasteiger partial charge in [-0.05, 0) is 26.3 Å². The van der Waals surface area contributed by atoms with E-state index in [1.165, 1.54) is 0 Å². The summed E-state index contributed by atoms with van der Waals surface area (Å²) in [5.74, 6) is 0.804. The first-order chi connectivity index (χ1) is 7.50. The van der Waals surface area contributed by atoms with E-state index in [2.05, 4.69) is 35.8 Å². The molecule has 0 radical (unpaired) electrons. The highest BCUT2D eigenvalue weighted by Crippen LogP contribution is 2.39. The average molecular weight is 276 g/mol. The van der Waals surface area contributed by atoms with Gasteiger partial charge in [0.1, 0.15) is 4.21 Å². The lowest BCUT2D eigenvalue weighted by molar-refractivity contribution is 0.504. The van der Waals surface area contributed by atoms with Crippen LogP contribution in [0.1, 0.15) is 27.2 Å². The molecule has 2 rings (SSSR count). The Hall–Kier alpha value is -0.390. The average Bonchev–Trinajstić information content (AvgIpc) is 2.57. The zero-order valence-corrected chi connectivity index (χ0v) is 11.8. The Balaban J connectivity index is 2.19. The van der Waals surface area contributed by atoms with E-state index in [1.807, 2.05) is 6.07 Å². The van der Waals surface area contributed by atoms with Gasteiger partial charge in [-0.15, -0.1) is 11.3 Å². The van der Waals surface area contributed by atoms with E-state index in [1.54, 1.807) is 23.3 Å². The van der Waals surface area contributed by atoms with Gasteiger partial charge in [0.25, 0.3) is 0 Å². The van der Waals surface area contributed by atoms with Crippen LogP contribution in [0.15, 0.2) is 15.3 Å². The van der Waals surface area contributed by atoms with Crippen LogP contribution < -0.4 is 10.0 Å². The standard InChI is InChI=1S/C10H14ClN3S2/c1-4-10(2,3)13-9-12-6-5-7(11)15-8(6)16-14-9/h5H,4H2,1-3H3,(H2,12,13,14). The van der Waals surface area contributed by atoms with Gasteiger partial charge >= 0.3 is 0 Å². The molecule has 16 heavy (non-hydrogen) atoms. The van der Waals surface area contributed by atoms with Crippen LogP contribution in [0.3, 0.4) is 0 Å². The van der Waals surface area contributed by atoms with E-state index in [0.717, 1.165) is 26.6 Å². The van der Waals surface area contributed by atoms with Crippen LogP contribution in [-0.2, 0) is 0 Å². The Morgan fingerprint density at radius 1 is 1.50 bits per heavy atom. The number of anilines is 1. The van der Waals surface area contributed by atoms with Crippen LogP contribution in [0, 0.1) is 0 Å². The Morgan fingerprint density at radius 3 is 2.94 bits per heavy atom. The van der Waals surface area contributed by atoms with Crippen molar-refractivity contribution in [2.24, 2.45) is 4.99 Å². The van der Waals surface area contributed by atoms with Crippen molar-refractivity contribution in [3.8, 4) is 0 Å². The molecule has 0 saturated carbocycles. The number of halogens is 1. The van der Waals surface area contributed by atoms with Gasteiger partial charge in [0, 0.05) is 11.9 Å². The molecular weight excluding hydrogens is 262 g/mol. The molecule has 1 aliphatic heterocycles. The molecule has 0 unspecified atom stereocenters. The maximum absolute atomic E-state index is 5.96. The second-order valence-electron chi connectivity index (χ2n) is 4.21. The van der Waals surface area contributed by atoms with Gasteiger partial charge < -0.3 is 5.32 Å². The van der Waals surface area contributed by atoms with Gasteiger partial charge in [0.05, 0.1) is 15.6 Å². The molecule has 0 amide bonds. The van der Waals surface area contributed by atoms with Crippen LogP contribution in [0.25, 0.3) is 0 Å². The van der Waals surface area contributed by atoms with E-state index < -0.39 is 0 Å². The number of aliphatic imine (C=N–C) groups is 1. The first kappa shape index (κ1) is 12.1. The number of rotatable bonds is 2. The Bertz CT molecular complexity index is 426. The quantitative estimate of drug-likeness (QED) is 0.802. The van der Waals surface area contributed by atoms with Gasteiger partial charge in [0.2, 0.25) is 5.96 Å². The first-order valence-corrected chi connectivity index (χ1v) is 7.10. The number of hydrogen-bond donors (Lipinski definition) is 2. The minimum atomic E-state index is -0.0484. The van der Waals surface area contributed by atoms with Crippen molar-refractivity contribution in [1.82, 2.24) is 4.72 Å². The summed E-state index contributed by atoms with van der Waals surface area (Å²) in [7, 11) is 0. The molecule has 0 fully saturated rings. The number of hydrogen-bond acceptors (Lipinski definition) is 3. The molecule has 0 spiro atoms.